The minimum atomic E-state index is -0.863. The van der Waals surface area contributed by atoms with Crippen LogP contribution in [0.25, 0.3) is 0 Å². The van der Waals surface area contributed by atoms with E-state index in [0.29, 0.717) is 17.7 Å². The molecule has 2 atom stereocenters. The molecule has 0 bridgehead atoms. The molecule has 1 aromatic heterocycles. The summed E-state index contributed by atoms with van der Waals surface area (Å²) in [7, 11) is 0. The van der Waals surface area contributed by atoms with Crippen molar-refractivity contribution in [3.8, 4) is 0 Å². The van der Waals surface area contributed by atoms with Gasteiger partial charge in [-0.15, -0.1) is 0 Å². The van der Waals surface area contributed by atoms with Crippen LogP contribution in [0.4, 0.5) is 0 Å². The fourth-order valence-corrected chi connectivity index (χ4v) is 1.81. The van der Waals surface area contributed by atoms with Crippen LogP contribution >= 0.6 is 0 Å². The number of aryl methyl sites for hydroxylation is 1. The van der Waals surface area contributed by atoms with Crippen LogP contribution in [0.1, 0.15) is 22.5 Å². The molecule has 0 aromatic carbocycles. The van der Waals surface area contributed by atoms with Gasteiger partial charge in [-0.2, -0.15) is 5.10 Å². The molecule has 0 spiro atoms. The third-order valence-electron chi connectivity index (χ3n) is 2.79. The average Bonchev–Trinajstić information content (AvgIpc) is 2.86. The van der Waals surface area contributed by atoms with Crippen molar-refractivity contribution in [2.24, 2.45) is 5.92 Å². The lowest BCUT2D eigenvalue weighted by molar-refractivity contribution is -0.140. The van der Waals surface area contributed by atoms with E-state index < -0.39 is 11.9 Å². The van der Waals surface area contributed by atoms with E-state index in [2.05, 4.69) is 15.5 Å². The molecule has 1 heterocycles. The molecule has 0 aliphatic heterocycles. The van der Waals surface area contributed by atoms with Gasteiger partial charge in [-0.25, -0.2) is 0 Å². The molecule has 0 fully saturated rings. The largest absolute Gasteiger partial charge is 0.481 e. The van der Waals surface area contributed by atoms with E-state index in [4.69, 9.17) is 5.11 Å². The maximum absolute atomic E-state index is 11.8. The van der Waals surface area contributed by atoms with Gasteiger partial charge < -0.3 is 10.4 Å². The van der Waals surface area contributed by atoms with Crippen molar-refractivity contribution >= 4 is 11.9 Å². The van der Waals surface area contributed by atoms with E-state index in [0.717, 1.165) is 0 Å². The molecule has 0 saturated carbocycles. The fraction of sp³-hybridized carbons (Fsp3) is 0.364. The Kier molecular flexibility index (Phi) is 2.95. The molecule has 0 saturated heterocycles. The van der Waals surface area contributed by atoms with Gasteiger partial charge in [0.2, 0.25) is 0 Å². The number of aromatic nitrogens is 2. The van der Waals surface area contributed by atoms with Crippen LogP contribution < -0.4 is 5.32 Å². The molecule has 1 aliphatic carbocycles. The summed E-state index contributed by atoms with van der Waals surface area (Å²) in [4.78, 5) is 22.5. The van der Waals surface area contributed by atoms with Gasteiger partial charge in [0.05, 0.1) is 17.7 Å². The second kappa shape index (κ2) is 4.40. The van der Waals surface area contributed by atoms with Crippen molar-refractivity contribution in [2.45, 2.75) is 19.4 Å². The number of nitrogens with zero attached hydrogens (tertiary/aromatic N) is 1. The Hall–Kier alpha value is -2.11. The van der Waals surface area contributed by atoms with Crippen LogP contribution in [0.15, 0.2) is 18.3 Å². The van der Waals surface area contributed by atoms with Crippen LogP contribution in [0.2, 0.25) is 0 Å². The molecule has 0 radical (unpaired) electrons. The zero-order valence-electron chi connectivity index (χ0n) is 9.30. The summed E-state index contributed by atoms with van der Waals surface area (Å²) in [6.45, 7) is 1.76. The van der Waals surface area contributed by atoms with E-state index in [-0.39, 0.29) is 11.9 Å². The Morgan fingerprint density at radius 1 is 1.53 bits per heavy atom. The fourth-order valence-electron chi connectivity index (χ4n) is 1.81. The number of rotatable bonds is 3. The highest BCUT2D eigenvalue weighted by atomic mass is 16.4. The predicted molar refractivity (Wildman–Crippen MR) is 59.5 cm³/mol. The van der Waals surface area contributed by atoms with Crippen molar-refractivity contribution in [2.75, 3.05) is 0 Å². The smallest absolute Gasteiger partial charge is 0.310 e. The van der Waals surface area contributed by atoms with Crippen LogP contribution in [0, 0.1) is 12.8 Å². The molecular formula is C11H13N3O3. The SMILES string of the molecule is Cc1[nH]ncc1C(=O)NC1C=CC(C(=O)O)C1. The highest BCUT2D eigenvalue weighted by Gasteiger charge is 2.26. The van der Waals surface area contributed by atoms with Gasteiger partial charge in [0, 0.05) is 11.7 Å². The molecule has 1 aromatic rings. The second-order valence-corrected chi connectivity index (χ2v) is 4.05. The Labute approximate surface area is 97.7 Å². The quantitative estimate of drug-likeness (QED) is 0.664. The number of hydrogen-bond donors (Lipinski definition) is 3. The molecule has 6 nitrogen and oxygen atoms in total. The van der Waals surface area contributed by atoms with Gasteiger partial charge in [0.25, 0.3) is 5.91 Å². The number of amides is 1. The monoisotopic (exact) mass is 235 g/mol. The number of nitrogens with one attached hydrogen (secondary N) is 2. The zero-order valence-corrected chi connectivity index (χ0v) is 9.30. The summed E-state index contributed by atoms with van der Waals surface area (Å²) in [5.74, 6) is -1.61. The van der Waals surface area contributed by atoms with Gasteiger partial charge in [-0.1, -0.05) is 12.2 Å². The summed E-state index contributed by atoms with van der Waals surface area (Å²) in [5, 5.41) is 18.0. The first-order chi connectivity index (χ1) is 8.08. The lowest BCUT2D eigenvalue weighted by Crippen LogP contribution is -2.33. The average molecular weight is 235 g/mol. The Balaban J connectivity index is 1.96. The molecule has 1 aliphatic rings. The van der Waals surface area contributed by atoms with Crippen molar-refractivity contribution in [3.05, 3.63) is 29.6 Å². The highest BCUT2D eigenvalue weighted by molar-refractivity contribution is 5.95. The highest BCUT2D eigenvalue weighted by Crippen LogP contribution is 2.18. The topological polar surface area (TPSA) is 95.1 Å². The maximum Gasteiger partial charge on any atom is 0.310 e. The van der Waals surface area contributed by atoms with Crippen LogP contribution in [0.3, 0.4) is 0 Å². The number of carbonyl (C=O) groups is 2. The Morgan fingerprint density at radius 3 is 2.82 bits per heavy atom. The van der Waals surface area contributed by atoms with Crippen molar-refractivity contribution in [3.63, 3.8) is 0 Å². The van der Waals surface area contributed by atoms with Gasteiger partial charge >= 0.3 is 5.97 Å². The lowest BCUT2D eigenvalue weighted by atomic mass is 10.1. The first-order valence-electron chi connectivity index (χ1n) is 5.30. The Morgan fingerprint density at radius 2 is 2.29 bits per heavy atom. The third-order valence-corrected chi connectivity index (χ3v) is 2.79. The number of hydrogen-bond acceptors (Lipinski definition) is 3. The van der Waals surface area contributed by atoms with Gasteiger partial charge in [0.1, 0.15) is 0 Å². The minimum absolute atomic E-state index is 0.224. The molecule has 1 amide bonds. The standard InChI is InChI=1S/C11H13N3O3/c1-6-9(5-12-14-6)10(15)13-8-3-2-7(4-8)11(16)17/h2-3,5,7-8H,4H2,1H3,(H,12,14)(H,13,15)(H,16,17). The first-order valence-corrected chi connectivity index (χ1v) is 5.30. The summed E-state index contributed by atoms with van der Waals surface area (Å²) >= 11 is 0. The van der Waals surface area contributed by atoms with Crippen LogP contribution in [-0.4, -0.2) is 33.2 Å². The van der Waals surface area contributed by atoms with Crippen molar-refractivity contribution < 1.29 is 14.7 Å². The zero-order chi connectivity index (χ0) is 12.4. The number of carboxylic acid groups (broad SMARTS) is 1. The second-order valence-electron chi connectivity index (χ2n) is 4.05. The third kappa shape index (κ3) is 2.35. The molecule has 90 valence electrons. The molecule has 17 heavy (non-hydrogen) atoms. The van der Waals surface area contributed by atoms with Gasteiger partial charge in [0.15, 0.2) is 0 Å². The number of aromatic amines is 1. The maximum atomic E-state index is 11.8. The summed E-state index contributed by atoms with van der Waals surface area (Å²) in [6, 6.07) is -0.224. The normalized spacial score (nSPS) is 22.6. The van der Waals surface area contributed by atoms with E-state index in [1.807, 2.05) is 0 Å². The Bertz CT molecular complexity index is 478. The lowest BCUT2D eigenvalue weighted by Gasteiger charge is -2.11. The number of aliphatic carboxylic acids is 1. The first kappa shape index (κ1) is 11.4. The molecular weight excluding hydrogens is 222 g/mol. The van der Waals surface area contributed by atoms with Crippen molar-refractivity contribution in [1.82, 2.24) is 15.5 Å². The van der Waals surface area contributed by atoms with Crippen molar-refractivity contribution in [1.29, 1.82) is 0 Å². The molecule has 2 rings (SSSR count). The van der Waals surface area contributed by atoms with E-state index in [9.17, 15) is 9.59 Å². The van der Waals surface area contributed by atoms with E-state index >= 15 is 0 Å². The number of carboxylic acids is 1. The molecule has 3 N–H and O–H groups in total. The van der Waals surface area contributed by atoms with Crippen LogP contribution in [-0.2, 0) is 4.79 Å². The number of carbonyl (C=O) groups excluding carboxylic acids is 1. The minimum Gasteiger partial charge on any atom is -0.481 e. The summed E-state index contributed by atoms with van der Waals surface area (Å²) in [6.07, 6.45) is 5.18. The van der Waals surface area contributed by atoms with Gasteiger partial charge in [-0.3, -0.25) is 14.7 Å². The predicted octanol–water partition coefficient (Wildman–Crippen LogP) is 0.477. The van der Waals surface area contributed by atoms with E-state index in [1.165, 1.54) is 6.20 Å². The molecule has 6 heteroatoms. The summed E-state index contributed by atoms with van der Waals surface area (Å²) in [5.41, 5.74) is 1.18. The van der Waals surface area contributed by atoms with Crippen LogP contribution in [0.5, 0.6) is 0 Å². The number of H-pyrrole nitrogens is 1. The van der Waals surface area contributed by atoms with E-state index in [1.54, 1.807) is 19.1 Å². The van der Waals surface area contributed by atoms with Gasteiger partial charge in [-0.05, 0) is 13.3 Å². The molecule has 2 unspecified atom stereocenters. The summed E-state index contributed by atoms with van der Waals surface area (Å²) < 4.78 is 0.